The first-order valence-electron chi connectivity index (χ1n) is 6.04. The smallest absolute Gasteiger partial charge is 0.0367 e. The van der Waals surface area contributed by atoms with E-state index in [1.54, 1.807) is 0 Å². The van der Waals surface area contributed by atoms with Crippen LogP contribution in [0.4, 0.5) is 0 Å². The van der Waals surface area contributed by atoms with Crippen molar-refractivity contribution in [2.75, 3.05) is 0 Å². The molecule has 0 aliphatic heterocycles. The summed E-state index contributed by atoms with van der Waals surface area (Å²) >= 11 is 1.95. The highest BCUT2D eigenvalue weighted by Gasteiger charge is 2.16. The Kier molecular flexibility index (Phi) is 4.27. The molecule has 0 aliphatic carbocycles. The van der Waals surface area contributed by atoms with Crippen molar-refractivity contribution in [2.45, 2.75) is 24.0 Å². The summed E-state index contributed by atoms with van der Waals surface area (Å²) in [5.41, 5.74) is 1.41. The number of benzene rings is 2. The zero-order valence-electron chi connectivity index (χ0n) is 10.3. The molecule has 88 valence electrons. The van der Waals surface area contributed by atoms with Crippen LogP contribution in [0.5, 0.6) is 0 Å². The minimum Gasteiger partial charge on any atom is -0.118 e. The minimum atomic E-state index is 0.526. The SMILES string of the molecule is CC(C)C(Sc1ccccc1)c1ccccc1. The van der Waals surface area contributed by atoms with Crippen LogP contribution in [0.25, 0.3) is 0 Å². The first-order valence-corrected chi connectivity index (χ1v) is 6.92. The van der Waals surface area contributed by atoms with Gasteiger partial charge in [-0.2, -0.15) is 0 Å². The molecule has 0 saturated heterocycles. The predicted octanol–water partition coefficient (Wildman–Crippen LogP) is 5.18. The van der Waals surface area contributed by atoms with Gasteiger partial charge in [0.1, 0.15) is 0 Å². The van der Waals surface area contributed by atoms with Crippen LogP contribution in [-0.4, -0.2) is 0 Å². The summed E-state index contributed by atoms with van der Waals surface area (Å²) in [7, 11) is 0. The molecule has 2 rings (SSSR count). The standard InChI is InChI=1S/C16H18S/c1-13(2)16(14-9-5-3-6-10-14)17-15-11-7-4-8-12-15/h3-13,16H,1-2H3. The van der Waals surface area contributed by atoms with Gasteiger partial charge in [-0.3, -0.25) is 0 Å². The summed E-state index contributed by atoms with van der Waals surface area (Å²) in [6.07, 6.45) is 0. The molecule has 0 nitrogen and oxygen atoms in total. The summed E-state index contributed by atoms with van der Waals surface area (Å²) in [5.74, 6) is 0.627. The topological polar surface area (TPSA) is 0 Å². The second-order valence-electron chi connectivity index (χ2n) is 4.51. The summed E-state index contributed by atoms with van der Waals surface area (Å²) in [6.45, 7) is 4.57. The summed E-state index contributed by atoms with van der Waals surface area (Å²) < 4.78 is 0. The molecule has 1 heteroatoms. The van der Waals surface area contributed by atoms with Crippen LogP contribution in [0.1, 0.15) is 24.7 Å². The maximum atomic E-state index is 2.29. The molecule has 0 bridgehead atoms. The maximum absolute atomic E-state index is 2.29. The highest BCUT2D eigenvalue weighted by molar-refractivity contribution is 7.99. The van der Waals surface area contributed by atoms with Gasteiger partial charge in [0, 0.05) is 10.1 Å². The van der Waals surface area contributed by atoms with Gasteiger partial charge in [-0.25, -0.2) is 0 Å². The van der Waals surface area contributed by atoms with Crippen molar-refractivity contribution in [3.63, 3.8) is 0 Å². The first kappa shape index (κ1) is 12.3. The van der Waals surface area contributed by atoms with Crippen molar-refractivity contribution >= 4 is 11.8 Å². The van der Waals surface area contributed by atoms with E-state index in [4.69, 9.17) is 0 Å². The van der Waals surface area contributed by atoms with Crippen molar-refractivity contribution in [1.82, 2.24) is 0 Å². The van der Waals surface area contributed by atoms with Gasteiger partial charge in [-0.05, 0) is 23.6 Å². The number of hydrogen-bond donors (Lipinski definition) is 0. The van der Waals surface area contributed by atoms with Gasteiger partial charge < -0.3 is 0 Å². The van der Waals surface area contributed by atoms with Crippen LogP contribution < -0.4 is 0 Å². The Balaban J connectivity index is 2.20. The van der Waals surface area contributed by atoms with Gasteiger partial charge >= 0.3 is 0 Å². The Bertz CT molecular complexity index is 434. The second kappa shape index (κ2) is 5.92. The van der Waals surface area contributed by atoms with Crippen molar-refractivity contribution in [3.8, 4) is 0 Å². The summed E-state index contributed by atoms with van der Waals surface area (Å²) in [4.78, 5) is 1.34. The van der Waals surface area contributed by atoms with Gasteiger partial charge in [-0.1, -0.05) is 62.4 Å². The molecule has 2 aromatic rings. The quantitative estimate of drug-likeness (QED) is 0.666. The maximum Gasteiger partial charge on any atom is 0.0367 e. The largest absolute Gasteiger partial charge is 0.118 e. The van der Waals surface area contributed by atoms with Gasteiger partial charge in [0.05, 0.1) is 0 Å². The molecule has 0 aromatic heterocycles. The van der Waals surface area contributed by atoms with Gasteiger partial charge in [-0.15, -0.1) is 11.8 Å². The average Bonchev–Trinajstić information content (AvgIpc) is 2.38. The molecule has 1 atom stereocenters. The predicted molar refractivity (Wildman–Crippen MR) is 76.3 cm³/mol. The van der Waals surface area contributed by atoms with Crippen LogP contribution in [0, 0.1) is 5.92 Å². The van der Waals surface area contributed by atoms with Crippen molar-refractivity contribution < 1.29 is 0 Å². The minimum absolute atomic E-state index is 0.526. The fraction of sp³-hybridized carbons (Fsp3) is 0.250. The highest BCUT2D eigenvalue weighted by Crippen LogP contribution is 2.40. The third kappa shape index (κ3) is 3.37. The summed E-state index contributed by atoms with van der Waals surface area (Å²) in [6, 6.07) is 21.4. The molecular weight excluding hydrogens is 224 g/mol. The van der Waals surface area contributed by atoms with E-state index in [0.29, 0.717) is 11.2 Å². The van der Waals surface area contributed by atoms with Crippen LogP contribution in [-0.2, 0) is 0 Å². The zero-order chi connectivity index (χ0) is 12.1. The first-order chi connectivity index (χ1) is 8.27. The molecule has 0 saturated carbocycles. The van der Waals surface area contributed by atoms with E-state index in [-0.39, 0.29) is 0 Å². The molecule has 2 aromatic carbocycles. The van der Waals surface area contributed by atoms with E-state index >= 15 is 0 Å². The van der Waals surface area contributed by atoms with E-state index in [2.05, 4.69) is 74.5 Å². The third-order valence-corrected chi connectivity index (χ3v) is 4.35. The molecule has 0 radical (unpaired) electrons. The lowest BCUT2D eigenvalue weighted by Crippen LogP contribution is -2.02. The Morgan fingerprint density at radius 1 is 0.765 bits per heavy atom. The van der Waals surface area contributed by atoms with Crippen LogP contribution in [0.2, 0.25) is 0 Å². The molecule has 0 amide bonds. The molecule has 0 heterocycles. The van der Waals surface area contributed by atoms with Crippen molar-refractivity contribution in [1.29, 1.82) is 0 Å². The van der Waals surface area contributed by atoms with E-state index in [0.717, 1.165) is 0 Å². The molecule has 0 aliphatic rings. The highest BCUT2D eigenvalue weighted by atomic mass is 32.2. The van der Waals surface area contributed by atoms with Crippen LogP contribution >= 0.6 is 11.8 Å². The van der Waals surface area contributed by atoms with Gasteiger partial charge in [0.2, 0.25) is 0 Å². The van der Waals surface area contributed by atoms with Crippen LogP contribution in [0.15, 0.2) is 65.6 Å². The number of thioether (sulfide) groups is 1. The Morgan fingerprint density at radius 2 is 1.29 bits per heavy atom. The third-order valence-electron chi connectivity index (χ3n) is 2.74. The Labute approximate surface area is 108 Å². The fourth-order valence-corrected chi connectivity index (χ4v) is 3.05. The normalized spacial score (nSPS) is 12.6. The number of rotatable bonds is 4. The van der Waals surface area contributed by atoms with E-state index < -0.39 is 0 Å². The molecule has 17 heavy (non-hydrogen) atoms. The molecule has 1 unspecified atom stereocenters. The Morgan fingerprint density at radius 3 is 1.82 bits per heavy atom. The summed E-state index contributed by atoms with van der Waals surface area (Å²) in [5, 5.41) is 0.526. The lowest BCUT2D eigenvalue weighted by Gasteiger charge is -2.20. The van der Waals surface area contributed by atoms with Gasteiger partial charge in [0.15, 0.2) is 0 Å². The lowest BCUT2D eigenvalue weighted by molar-refractivity contribution is 0.632. The molecule has 0 N–H and O–H groups in total. The van der Waals surface area contributed by atoms with E-state index in [9.17, 15) is 0 Å². The van der Waals surface area contributed by atoms with Crippen LogP contribution in [0.3, 0.4) is 0 Å². The molecular formula is C16H18S. The lowest BCUT2D eigenvalue weighted by atomic mass is 10.0. The fourth-order valence-electron chi connectivity index (χ4n) is 1.88. The number of hydrogen-bond acceptors (Lipinski definition) is 1. The zero-order valence-corrected chi connectivity index (χ0v) is 11.2. The Hall–Kier alpha value is -1.21. The average molecular weight is 242 g/mol. The van der Waals surface area contributed by atoms with Gasteiger partial charge in [0.25, 0.3) is 0 Å². The second-order valence-corrected chi connectivity index (χ2v) is 5.72. The van der Waals surface area contributed by atoms with Crippen molar-refractivity contribution in [3.05, 3.63) is 66.2 Å². The van der Waals surface area contributed by atoms with E-state index in [1.807, 2.05) is 11.8 Å². The molecule has 0 fully saturated rings. The van der Waals surface area contributed by atoms with Crippen molar-refractivity contribution in [2.24, 2.45) is 5.92 Å². The van der Waals surface area contributed by atoms with E-state index in [1.165, 1.54) is 10.5 Å². The molecule has 0 spiro atoms. The monoisotopic (exact) mass is 242 g/mol.